The maximum Gasteiger partial charge on any atom is 0.245 e. The number of anilines is 1. The van der Waals surface area contributed by atoms with Crippen LogP contribution in [0.1, 0.15) is 12.8 Å². The first kappa shape index (κ1) is 16.1. The molecule has 1 heterocycles. The van der Waals surface area contributed by atoms with Crippen molar-refractivity contribution >= 4 is 33.2 Å². The van der Waals surface area contributed by atoms with Gasteiger partial charge in [0.1, 0.15) is 10.9 Å². The van der Waals surface area contributed by atoms with E-state index in [9.17, 15) is 13.2 Å². The largest absolute Gasteiger partial charge is 0.398 e. The first-order valence-electron chi connectivity index (χ1n) is 6.53. The minimum atomic E-state index is -3.81. The van der Waals surface area contributed by atoms with Gasteiger partial charge >= 0.3 is 0 Å². The van der Waals surface area contributed by atoms with Crippen LogP contribution in [0.5, 0.6) is 0 Å². The second-order valence-corrected chi connectivity index (χ2v) is 7.48. The molecule has 116 valence electrons. The normalized spacial score (nSPS) is 19.7. The monoisotopic (exact) mass is 331 g/mol. The number of benzene rings is 1. The third-order valence-electron chi connectivity index (χ3n) is 3.49. The zero-order valence-electron chi connectivity index (χ0n) is 11.9. The zero-order chi connectivity index (χ0) is 15.8. The summed E-state index contributed by atoms with van der Waals surface area (Å²) >= 11 is 5.80. The summed E-state index contributed by atoms with van der Waals surface area (Å²) in [6.07, 6.45) is 1.17. The molecule has 1 atom stereocenters. The van der Waals surface area contributed by atoms with E-state index in [1.807, 2.05) is 0 Å². The van der Waals surface area contributed by atoms with Crippen LogP contribution in [0, 0.1) is 0 Å². The standard InChI is InChI=1S/C13H18ClN3O3S/c1-16(2)13(18)11-4-3-7-17(11)21(19,20)12-6-5-9(14)8-10(12)15/h5-6,8,11H,3-4,7,15H2,1-2H3. The van der Waals surface area contributed by atoms with E-state index in [0.29, 0.717) is 24.4 Å². The molecule has 2 N–H and O–H groups in total. The van der Waals surface area contributed by atoms with E-state index in [2.05, 4.69) is 0 Å². The van der Waals surface area contributed by atoms with Crippen molar-refractivity contribution in [1.82, 2.24) is 9.21 Å². The highest BCUT2D eigenvalue weighted by molar-refractivity contribution is 7.89. The second-order valence-electron chi connectivity index (χ2n) is 5.19. The third-order valence-corrected chi connectivity index (χ3v) is 5.71. The Kier molecular flexibility index (Phi) is 4.46. The Morgan fingerprint density at radius 2 is 2.10 bits per heavy atom. The summed E-state index contributed by atoms with van der Waals surface area (Å²) in [5.41, 5.74) is 5.86. The van der Waals surface area contributed by atoms with E-state index < -0.39 is 16.1 Å². The first-order chi connectivity index (χ1) is 9.75. The van der Waals surface area contributed by atoms with Gasteiger partial charge in [-0.25, -0.2) is 8.42 Å². The van der Waals surface area contributed by atoms with Crippen LogP contribution in [-0.4, -0.2) is 50.2 Å². The highest BCUT2D eigenvalue weighted by atomic mass is 35.5. The predicted octanol–water partition coefficient (Wildman–Crippen LogP) is 1.16. The molecule has 0 spiro atoms. The van der Waals surface area contributed by atoms with Gasteiger partial charge in [0.25, 0.3) is 0 Å². The van der Waals surface area contributed by atoms with E-state index >= 15 is 0 Å². The van der Waals surface area contributed by atoms with Gasteiger partial charge in [-0.1, -0.05) is 11.6 Å². The molecular formula is C13H18ClN3O3S. The van der Waals surface area contributed by atoms with Crippen molar-refractivity contribution in [3.63, 3.8) is 0 Å². The molecule has 0 aliphatic carbocycles. The molecule has 8 heteroatoms. The lowest BCUT2D eigenvalue weighted by Crippen LogP contribution is -2.45. The Labute approximate surface area is 129 Å². The average Bonchev–Trinajstić information content (AvgIpc) is 2.86. The van der Waals surface area contributed by atoms with Gasteiger partial charge in [0.2, 0.25) is 15.9 Å². The maximum absolute atomic E-state index is 12.7. The number of carbonyl (C=O) groups excluding carboxylic acids is 1. The summed E-state index contributed by atoms with van der Waals surface area (Å²) in [5, 5.41) is 0.369. The molecule has 1 aliphatic heterocycles. The lowest BCUT2D eigenvalue weighted by Gasteiger charge is -2.26. The summed E-state index contributed by atoms with van der Waals surface area (Å²) in [6, 6.07) is 3.58. The average molecular weight is 332 g/mol. The van der Waals surface area contributed by atoms with Crippen molar-refractivity contribution in [2.24, 2.45) is 0 Å². The van der Waals surface area contributed by atoms with Crippen LogP contribution in [-0.2, 0) is 14.8 Å². The lowest BCUT2D eigenvalue weighted by molar-refractivity contribution is -0.132. The van der Waals surface area contributed by atoms with E-state index in [1.54, 1.807) is 14.1 Å². The number of nitrogens with zero attached hydrogens (tertiary/aromatic N) is 2. The van der Waals surface area contributed by atoms with Crippen molar-refractivity contribution < 1.29 is 13.2 Å². The molecule has 1 aromatic carbocycles. The summed E-state index contributed by atoms with van der Waals surface area (Å²) in [6.45, 7) is 0.314. The predicted molar refractivity (Wildman–Crippen MR) is 81.5 cm³/mol. The third kappa shape index (κ3) is 3.00. The number of amides is 1. The molecule has 6 nitrogen and oxygen atoms in total. The van der Waals surface area contributed by atoms with Crippen molar-refractivity contribution in [1.29, 1.82) is 0 Å². The first-order valence-corrected chi connectivity index (χ1v) is 8.35. The molecule has 21 heavy (non-hydrogen) atoms. The lowest BCUT2D eigenvalue weighted by atomic mass is 10.2. The SMILES string of the molecule is CN(C)C(=O)C1CCCN1S(=O)(=O)c1ccc(Cl)cc1N. The number of nitrogen functional groups attached to an aromatic ring is 1. The second kappa shape index (κ2) is 5.82. The van der Waals surface area contributed by atoms with E-state index in [1.165, 1.54) is 27.4 Å². The highest BCUT2D eigenvalue weighted by Gasteiger charge is 2.40. The Morgan fingerprint density at radius 3 is 2.67 bits per heavy atom. The fourth-order valence-corrected chi connectivity index (χ4v) is 4.38. The molecule has 0 aromatic heterocycles. The smallest absolute Gasteiger partial charge is 0.245 e. The molecule has 1 aromatic rings. The van der Waals surface area contributed by atoms with Crippen molar-refractivity contribution in [3.8, 4) is 0 Å². The quantitative estimate of drug-likeness (QED) is 0.842. The number of nitrogens with two attached hydrogens (primary N) is 1. The van der Waals surface area contributed by atoms with Gasteiger partial charge < -0.3 is 10.6 Å². The molecule has 1 unspecified atom stereocenters. The van der Waals surface area contributed by atoms with Crippen LogP contribution in [0.15, 0.2) is 23.1 Å². The molecule has 0 bridgehead atoms. The number of halogens is 1. The van der Waals surface area contributed by atoms with Crippen molar-refractivity contribution in [3.05, 3.63) is 23.2 Å². The number of hydrogen-bond donors (Lipinski definition) is 1. The molecule has 0 saturated carbocycles. The molecule has 1 aliphatic rings. The topological polar surface area (TPSA) is 83.7 Å². The highest BCUT2D eigenvalue weighted by Crippen LogP contribution is 2.31. The van der Waals surface area contributed by atoms with E-state index in [0.717, 1.165) is 0 Å². The summed E-state index contributed by atoms with van der Waals surface area (Å²) in [7, 11) is -0.585. The van der Waals surface area contributed by atoms with Gasteiger partial charge in [-0.05, 0) is 31.0 Å². The number of hydrogen-bond acceptors (Lipinski definition) is 4. The number of carbonyl (C=O) groups is 1. The summed E-state index contributed by atoms with van der Waals surface area (Å²) in [5.74, 6) is -0.219. The zero-order valence-corrected chi connectivity index (χ0v) is 13.5. The fourth-order valence-electron chi connectivity index (χ4n) is 2.45. The van der Waals surface area contributed by atoms with E-state index in [4.69, 9.17) is 17.3 Å². The molecular weight excluding hydrogens is 314 g/mol. The van der Waals surface area contributed by atoms with Crippen LogP contribution in [0.25, 0.3) is 0 Å². The van der Waals surface area contributed by atoms with Gasteiger partial charge in [0.15, 0.2) is 0 Å². The fraction of sp³-hybridized carbons (Fsp3) is 0.462. The number of likely N-dealkylation sites (N-methyl/N-ethyl adjacent to an activating group) is 1. The minimum Gasteiger partial charge on any atom is -0.398 e. The Balaban J connectivity index is 2.41. The molecule has 1 fully saturated rings. The van der Waals surface area contributed by atoms with Crippen LogP contribution in [0.2, 0.25) is 5.02 Å². The van der Waals surface area contributed by atoms with Gasteiger partial charge in [-0.15, -0.1) is 0 Å². The Hall–Kier alpha value is -1.31. The van der Waals surface area contributed by atoms with Gasteiger partial charge in [-0.3, -0.25) is 4.79 Å². The molecule has 0 radical (unpaired) electrons. The number of sulfonamides is 1. The van der Waals surface area contributed by atoms with Crippen LogP contribution < -0.4 is 5.73 Å². The minimum absolute atomic E-state index is 0.00893. The molecule has 2 rings (SSSR count). The summed E-state index contributed by atoms with van der Waals surface area (Å²) in [4.78, 5) is 13.5. The van der Waals surface area contributed by atoms with Crippen molar-refractivity contribution in [2.75, 3.05) is 26.4 Å². The molecule has 1 amide bonds. The van der Waals surface area contributed by atoms with Crippen LogP contribution in [0.4, 0.5) is 5.69 Å². The molecule has 1 saturated heterocycles. The summed E-state index contributed by atoms with van der Waals surface area (Å²) < 4.78 is 26.7. The van der Waals surface area contributed by atoms with Crippen LogP contribution in [0.3, 0.4) is 0 Å². The van der Waals surface area contributed by atoms with Gasteiger partial charge in [0.05, 0.1) is 5.69 Å². The van der Waals surface area contributed by atoms with E-state index in [-0.39, 0.29) is 16.5 Å². The number of rotatable bonds is 3. The maximum atomic E-state index is 12.7. The Morgan fingerprint density at radius 1 is 1.43 bits per heavy atom. The Bertz CT molecular complexity index is 661. The van der Waals surface area contributed by atoms with Gasteiger partial charge in [0, 0.05) is 25.7 Å². The van der Waals surface area contributed by atoms with Crippen molar-refractivity contribution in [2.45, 2.75) is 23.8 Å². The van der Waals surface area contributed by atoms with Gasteiger partial charge in [-0.2, -0.15) is 4.31 Å². The van der Waals surface area contributed by atoms with Crippen LogP contribution >= 0.6 is 11.6 Å².